The predicted octanol–water partition coefficient (Wildman–Crippen LogP) is 3.01. The Morgan fingerprint density at radius 3 is 2.43 bits per heavy atom. The normalized spacial score (nSPS) is 25.9. The molecule has 118 valence electrons. The summed E-state index contributed by atoms with van der Waals surface area (Å²) in [4.78, 5) is 2.61. The van der Waals surface area contributed by atoms with Crippen molar-refractivity contribution in [2.24, 2.45) is 0 Å². The van der Waals surface area contributed by atoms with Gasteiger partial charge in [0, 0.05) is 32.3 Å². The van der Waals surface area contributed by atoms with E-state index in [1.54, 1.807) is 7.11 Å². The molecule has 1 aliphatic rings. The minimum atomic E-state index is 0.0353. The van der Waals surface area contributed by atoms with Crippen LogP contribution in [0.25, 0.3) is 0 Å². The van der Waals surface area contributed by atoms with Crippen molar-refractivity contribution < 1.29 is 4.74 Å². The highest BCUT2D eigenvalue weighted by atomic mass is 16.5. The third kappa shape index (κ3) is 3.31. The van der Waals surface area contributed by atoms with E-state index in [1.165, 1.54) is 5.56 Å². The zero-order chi connectivity index (χ0) is 15.3. The van der Waals surface area contributed by atoms with Gasteiger partial charge in [0.1, 0.15) is 0 Å². The number of methoxy groups -OCH3 is 1. The van der Waals surface area contributed by atoms with Crippen molar-refractivity contribution in [3.05, 3.63) is 35.9 Å². The molecule has 1 aromatic rings. The fourth-order valence-electron chi connectivity index (χ4n) is 3.40. The van der Waals surface area contributed by atoms with Gasteiger partial charge in [-0.2, -0.15) is 0 Å². The second kappa shape index (κ2) is 6.91. The van der Waals surface area contributed by atoms with E-state index >= 15 is 0 Å². The molecular formula is C18H30N2O. The van der Waals surface area contributed by atoms with E-state index < -0.39 is 0 Å². The van der Waals surface area contributed by atoms with Crippen LogP contribution in [-0.2, 0) is 10.3 Å². The van der Waals surface area contributed by atoms with Crippen molar-refractivity contribution in [3.8, 4) is 0 Å². The lowest BCUT2D eigenvalue weighted by Crippen LogP contribution is -2.67. The molecule has 3 heteroatoms. The van der Waals surface area contributed by atoms with Crippen LogP contribution in [0.4, 0.5) is 0 Å². The highest BCUT2D eigenvalue weighted by Gasteiger charge is 2.43. The second-order valence-corrected chi connectivity index (χ2v) is 6.40. The van der Waals surface area contributed by atoms with Crippen molar-refractivity contribution in [2.45, 2.75) is 44.7 Å². The van der Waals surface area contributed by atoms with Crippen molar-refractivity contribution >= 4 is 0 Å². The molecule has 3 nitrogen and oxygen atoms in total. The fourth-order valence-corrected chi connectivity index (χ4v) is 3.40. The molecule has 0 amide bonds. The number of nitrogens with zero attached hydrogens (tertiary/aromatic N) is 1. The van der Waals surface area contributed by atoms with E-state index in [4.69, 9.17) is 4.74 Å². The molecule has 1 atom stereocenters. The molecule has 1 fully saturated rings. The van der Waals surface area contributed by atoms with Gasteiger partial charge in [-0.15, -0.1) is 0 Å². The Kier molecular flexibility index (Phi) is 5.42. The summed E-state index contributed by atoms with van der Waals surface area (Å²) in [6.07, 6.45) is 2.33. The fraction of sp³-hybridized carbons (Fsp3) is 0.667. The molecule has 21 heavy (non-hydrogen) atoms. The minimum absolute atomic E-state index is 0.0353. The zero-order valence-corrected chi connectivity index (χ0v) is 14.0. The average molecular weight is 290 g/mol. The van der Waals surface area contributed by atoms with Gasteiger partial charge in [-0.3, -0.25) is 4.90 Å². The Hall–Kier alpha value is -0.900. The van der Waals surface area contributed by atoms with Crippen LogP contribution in [0, 0.1) is 0 Å². The standard InChI is InChI=1S/C18H30N2O/c1-5-18(6-2)15-20(12-13-21-4)17(3,14-19-18)16-10-8-7-9-11-16/h7-11,19H,5-6,12-15H2,1-4H3. The number of hydrogen-bond donors (Lipinski definition) is 1. The first-order valence-corrected chi connectivity index (χ1v) is 8.15. The monoisotopic (exact) mass is 290 g/mol. The molecule has 1 N–H and O–H groups in total. The molecule has 0 radical (unpaired) electrons. The third-order valence-corrected chi connectivity index (χ3v) is 5.31. The lowest BCUT2D eigenvalue weighted by Gasteiger charge is -2.53. The summed E-state index contributed by atoms with van der Waals surface area (Å²) >= 11 is 0. The van der Waals surface area contributed by atoms with Gasteiger partial charge in [0.25, 0.3) is 0 Å². The number of piperazine rings is 1. The molecule has 1 unspecified atom stereocenters. The van der Waals surface area contributed by atoms with Gasteiger partial charge >= 0.3 is 0 Å². The molecule has 0 saturated carbocycles. The van der Waals surface area contributed by atoms with Gasteiger partial charge in [0.05, 0.1) is 12.1 Å². The summed E-state index contributed by atoms with van der Waals surface area (Å²) in [5.41, 5.74) is 1.66. The molecule has 1 heterocycles. The van der Waals surface area contributed by atoms with Crippen LogP contribution in [-0.4, -0.2) is 43.8 Å². The first-order chi connectivity index (χ1) is 10.1. The average Bonchev–Trinajstić information content (AvgIpc) is 2.55. The third-order valence-electron chi connectivity index (χ3n) is 5.31. The highest BCUT2D eigenvalue weighted by molar-refractivity contribution is 5.26. The predicted molar refractivity (Wildman–Crippen MR) is 88.6 cm³/mol. The summed E-state index contributed by atoms with van der Waals surface area (Å²) in [6, 6.07) is 10.8. The summed E-state index contributed by atoms with van der Waals surface area (Å²) in [6.45, 7) is 10.8. The summed E-state index contributed by atoms with van der Waals surface area (Å²) in [5, 5.41) is 3.84. The molecule has 1 aliphatic heterocycles. The molecule has 1 saturated heterocycles. The quantitative estimate of drug-likeness (QED) is 0.871. The van der Waals surface area contributed by atoms with Crippen molar-refractivity contribution in [1.82, 2.24) is 10.2 Å². The van der Waals surface area contributed by atoms with Crippen molar-refractivity contribution in [1.29, 1.82) is 0 Å². The topological polar surface area (TPSA) is 24.5 Å². The van der Waals surface area contributed by atoms with Crippen LogP contribution >= 0.6 is 0 Å². The van der Waals surface area contributed by atoms with Gasteiger partial charge in [-0.25, -0.2) is 0 Å². The van der Waals surface area contributed by atoms with Crippen LogP contribution in [0.5, 0.6) is 0 Å². The van der Waals surface area contributed by atoms with Crippen LogP contribution in [0.3, 0.4) is 0 Å². The second-order valence-electron chi connectivity index (χ2n) is 6.40. The van der Waals surface area contributed by atoms with E-state index in [0.29, 0.717) is 0 Å². The van der Waals surface area contributed by atoms with Gasteiger partial charge < -0.3 is 10.1 Å². The minimum Gasteiger partial charge on any atom is -0.383 e. The maximum Gasteiger partial charge on any atom is 0.0590 e. The van der Waals surface area contributed by atoms with E-state index in [2.05, 4.69) is 61.3 Å². The largest absolute Gasteiger partial charge is 0.383 e. The smallest absolute Gasteiger partial charge is 0.0590 e. The number of nitrogens with one attached hydrogen (secondary N) is 1. The van der Waals surface area contributed by atoms with Gasteiger partial charge in [-0.1, -0.05) is 44.2 Å². The summed E-state index contributed by atoms with van der Waals surface area (Å²) < 4.78 is 5.35. The van der Waals surface area contributed by atoms with Crippen LogP contribution in [0.15, 0.2) is 30.3 Å². The maximum atomic E-state index is 5.35. The molecule has 0 aromatic heterocycles. The van der Waals surface area contributed by atoms with Crippen molar-refractivity contribution in [2.75, 3.05) is 33.4 Å². The zero-order valence-electron chi connectivity index (χ0n) is 14.0. The van der Waals surface area contributed by atoms with Gasteiger partial charge in [0.2, 0.25) is 0 Å². The molecule has 1 aromatic carbocycles. The van der Waals surface area contributed by atoms with E-state index in [0.717, 1.165) is 39.1 Å². The van der Waals surface area contributed by atoms with Crippen LogP contribution in [0.1, 0.15) is 39.2 Å². The lowest BCUT2D eigenvalue weighted by atomic mass is 9.81. The molecule has 0 spiro atoms. The van der Waals surface area contributed by atoms with Gasteiger partial charge in [0.15, 0.2) is 0 Å². The molecule has 2 rings (SSSR count). The first-order valence-electron chi connectivity index (χ1n) is 8.15. The Morgan fingerprint density at radius 2 is 1.86 bits per heavy atom. The number of benzene rings is 1. The molecule has 0 aliphatic carbocycles. The van der Waals surface area contributed by atoms with E-state index in [1.807, 2.05) is 0 Å². The van der Waals surface area contributed by atoms with Crippen molar-refractivity contribution in [3.63, 3.8) is 0 Å². The van der Waals surface area contributed by atoms with E-state index in [9.17, 15) is 0 Å². The van der Waals surface area contributed by atoms with Gasteiger partial charge in [-0.05, 0) is 25.3 Å². The Balaban J connectivity index is 2.28. The number of ether oxygens (including phenoxy) is 1. The summed E-state index contributed by atoms with van der Waals surface area (Å²) in [7, 11) is 1.79. The Bertz CT molecular complexity index is 430. The highest BCUT2D eigenvalue weighted by Crippen LogP contribution is 2.35. The number of hydrogen-bond acceptors (Lipinski definition) is 3. The Morgan fingerprint density at radius 1 is 1.19 bits per heavy atom. The summed E-state index contributed by atoms with van der Waals surface area (Å²) in [5.74, 6) is 0. The molecular weight excluding hydrogens is 260 g/mol. The maximum absolute atomic E-state index is 5.35. The number of rotatable bonds is 6. The first kappa shape index (κ1) is 16.5. The molecule has 0 bridgehead atoms. The van der Waals surface area contributed by atoms with E-state index in [-0.39, 0.29) is 11.1 Å². The lowest BCUT2D eigenvalue weighted by molar-refractivity contribution is -0.00669. The van der Waals surface area contributed by atoms with Crippen LogP contribution in [0.2, 0.25) is 0 Å². The SMILES string of the molecule is CCC1(CC)CN(CCOC)C(C)(c2ccccc2)CN1. The Labute approximate surface area is 129 Å². The van der Waals surface area contributed by atoms with Crippen LogP contribution < -0.4 is 5.32 Å².